The van der Waals surface area contributed by atoms with Crippen LogP contribution < -0.4 is 5.32 Å². The summed E-state index contributed by atoms with van der Waals surface area (Å²) < 4.78 is 5.29. The van der Waals surface area contributed by atoms with Gasteiger partial charge in [-0.2, -0.15) is 4.98 Å². The zero-order chi connectivity index (χ0) is 15.4. The number of carbonyl (C=O) groups is 1. The van der Waals surface area contributed by atoms with Crippen LogP contribution in [0.4, 0.5) is 0 Å². The van der Waals surface area contributed by atoms with E-state index in [0.29, 0.717) is 11.7 Å². The van der Waals surface area contributed by atoms with Gasteiger partial charge in [-0.15, -0.1) is 0 Å². The van der Waals surface area contributed by atoms with Crippen LogP contribution in [-0.2, 0) is 4.79 Å². The van der Waals surface area contributed by atoms with Gasteiger partial charge in [-0.25, -0.2) is 0 Å². The molecule has 0 saturated heterocycles. The predicted octanol–water partition coefficient (Wildman–Crippen LogP) is 3.49. The average molecular weight is 299 g/mol. The van der Waals surface area contributed by atoms with E-state index in [1.54, 1.807) is 0 Å². The van der Waals surface area contributed by atoms with Crippen LogP contribution in [0.2, 0.25) is 0 Å². The van der Waals surface area contributed by atoms with E-state index < -0.39 is 0 Å². The van der Waals surface area contributed by atoms with Gasteiger partial charge < -0.3 is 9.84 Å². The highest BCUT2D eigenvalue weighted by Gasteiger charge is 2.24. The second kappa shape index (κ2) is 6.73. The van der Waals surface area contributed by atoms with E-state index in [0.717, 1.165) is 31.2 Å². The molecule has 1 atom stereocenters. The Morgan fingerprint density at radius 2 is 1.95 bits per heavy atom. The summed E-state index contributed by atoms with van der Waals surface area (Å²) in [6.07, 6.45) is 5.50. The van der Waals surface area contributed by atoms with Gasteiger partial charge in [0, 0.05) is 11.5 Å². The van der Waals surface area contributed by atoms with E-state index >= 15 is 0 Å². The number of amides is 1. The number of hydrogen-bond donors (Lipinski definition) is 1. The molecule has 0 spiro atoms. The molecule has 0 aliphatic heterocycles. The predicted molar refractivity (Wildman–Crippen MR) is 82.9 cm³/mol. The van der Waals surface area contributed by atoms with E-state index in [4.69, 9.17) is 4.52 Å². The fourth-order valence-electron chi connectivity index (χ4n) is 2.87. The Labute approximate surface area is 130 Å². The first-order valence-corrected chi connectivity index (χ1v) is 7.93. The third-order valence-corrected chi connectivity index (χ3v) is 4.18. The Bertz CT molecular complexity index is 618. The summed E-state index contributed by atoms with van der Waals surface area (Å²) >= 11 is 0. The molecule has 2 aromatic rings. The first-order valence-electron chi connectivity index (χ1n) is 7.93. The Morgan fingerprint density at radius 3 is 2.68 bits per heavy atom. The van der Waals surface area contributed by atoms with E-state index in [9.17, 15) is 4.79 Å². The highest BCUT2D eigenvalue weighted by molar-refractivity contribution is 5.79. The molecule has 1 aromatic carbocycles. The third kappa shape index (κ3) is 3.35. The highest BCUT2D eigenvalue weighted by Crippen LogP contribution is 2.25. The van der Waals surface area contributed by atoms with Gasteiger partial charge in [0.15, 0.2) is 0 Å². The highest BCUT2D eigenvalue weighted by atomic mass is 16.5. The monoisotopic (exact) mass is 299 g/mol. The van der Waals surface area contributed by atoms with Crippen molar-refractivity contribution < 1.29 is 9.32 Å². The summed E-state index contributed by atoms with van der Waals surface area (Å²) in [5.74, 6) is 1.23. The summed E-state index contributed by atoms with van der Waals surface area (Å²) in [5.41, 5.74) is 0.906. The van der Waals surface area contributed by atoms with Gasteiger partial charge in [-0.1, -0.05) is 54.8 Å². The molecule has 116 valence electrons. The number of rotatable bonds is 4. The number of carbonyl (C=O) groups excluding carboxylic acids is 1. The Balaban J connectivity index is 1.64. The van der Waals surface area contributed by atoms with Gasteiger partial charge in [-0.05, 0) is 19.8 Å². The largest absolute Gasteiger partial charge is 0.344 e. The molecule has 1 aliphatic rings. The van der Waals surface area contributed by atoms with E-state index in [1.165, 1.54) is 6.42 Å². The van der Waals surface area contributed by atoms with Crippen molar-refractivity contribution in [3.8, 4) is 11.4 Å². The Morgan fingerprint density at radius 1 is 1.23 bits per heavy atom. The minimum atomic E-state index is -0.264. The van der Waals surface area contributed by atoms with Crippen LogP contribution in [-0.4, -0.2) is 16.0 Å². The van der Waals surface area contributed by atoms with Gasteiger partial charge in [0.25, 0.3) is 0 Å². The zero-order valence-corrected chi connectivity index (χ0v) is 12.8. The molecular weight excluding hydrogens is 278 g/mol. The second-order valence-corrected chi connectivity index (χ2v) is 5.89. The van der Waals surface area contributed by atoms with Crippen molar-refractivity contribution >= 4 is 5.91 Å². The summed E-state index contributed by atoms with van der Waals surface area (Å²) in [5, 5.41) is 6.99. The summed E-state index contributed by atoms with van der Waals surface area (Å²) in [6, 6.07) is 9.40. The smallest absolute Gasteiger partial charge is 0.249 e. The third-order valence-electron chi connectivity index (χ3n) is 4.18. The van der Waals surface area contributed by atoms with Crippen LogP contribution in [0, 0.1) is 5.92 Å². The van der Waals surface area contributed by atoms with Crippen LogP contribution in [0.15, 0.2) is 34.9 Å². The number of hydrogen-bond acceptors (Lipinski definition) is 4. The van der Waals surface area contributed by atoms with E-state index in [2.05, 4.69) is 15.5 Å². The van der Waals surface area contributed by atoms with Crippen LogP contribution in [0.5, 0.6) is 0 Å². The van der Waals surface area contributed by atoms with Gasteiger partial charge in [0.2, 0.25) is 17.6 Å². The van der Waals surface area contributed by atoms with Gasteiger partial charge >= 0.3 is 0 Å². The molecule has 1 heterocycles. The summed E-state index contributed by atoms with van der Waals surface area (Å²) in [7, 11) is 0. The van der Waals surface area contributed by atoms with Crippen LogP contribution >= 0.6 is 0 Å². The molecule has 1 aromatic heterocycles. The molecule has 5 heteroatoms. The van der Waals surface area contributed by atoms with Crippen molar-refractivity contribution in [3.63, 3.8) is 0 Å². The van der Waals surface area contributed by atoms with Crippen molar-refractivity contribution in [3.05, 3.63) is 36.2 Å². The lowest BCUT2D eigenvalue weighted by molar-refractivity contribution is -0.126. The van der Waals surface area contributed by atoms with Gasteiger partial charge in [0.05, 0.1) is 0 Å². The van der Waals surface area contributed by atoms with Crippen molar-refractivity contribution in [2.24, 2.45) is 5.92 Å². The summed E-state index contributed by atoms with van der Waals surface area (Å²) in [4.78, 5) is 16.6. The standard InChI is InChI=1S/C17H21N3O2/c1-12(18-16(21)14-10-6-3-7-11-14)17-19-15(20-22-17)13-8-4-2-5-9-13/h2,4-5,8-9,12,14H,3,6-7,10-11H2,1H3,(H,18,21). The molecule has 1 saturated carbocycles. The van der Waals surface area contributed by atoms with Crippen molar-refractivity contribution in [1.82, 2.24) is 15.5 Å². The fourth-order valence-corrected chi connectivity index (χ4v) is 2.87. The fraction of sp³-hybridized carbons (Fsp3) is 0.471. The molecule has 1 amide bonds. The van der Waals surface area contributed by atoms with Gasteiger partial charge in [0.1, 0.15) is 6.04 Å². The lowest BCUT2D eigenvalue weighted by atomic mass is 9.88. The van der Waals surface area contributed by atoms with Crippen molar-refractivity contribution in [1.29, 1.82) is 0 Å². The number of nitrogens with zero attached hydrogens (tertiary/aromatic N) is 2. The lowest BCUT2D eigenvalue weighted by Crippen LogP contribution is -2.33. The molecule has 1 aliphatic carbocycles. The number of nitrogens with one attached hydrogen (secondary N) is 1. The molecule has 1 N–H and O–H groups in total. The minimum Gasteiger partial charge on any atom is -0.344 e. The first-order chi connectivity index (χ1) is 10.7. The molecule has 22 heavy (non-hydrogen) atoms. The van der Waals surface area contributed by atoms with Crippen LogP contribution in [0.3, 0.4) is 0 Å². The number of benzene rings is 1. The maximum absolute atomic E-state index is 12.3. The molecule has 0 bridgehead atoms. The average Bonchev–Trinajstić information content (AvgIpc) is 3.06. The van der Waals surface area contributed by atoms with Crippen molar-refractivity contribution in [2.45, 2.75) is 45.1 Å². The topological polar surface area (TPSA) is 68.0 Å². The summed E-state index contributed by atoms with van der Waals surface area (Å²) in [6.45, 7) is 1.88. The molecular formula is C17H21N3O2. The van der Waals surface area contributed by atoms with Gasteiger partial charge in [-0.3, -0.25) is 4.79 Å². The SMILES string of the molecule is CC(NC(=O)C1CCCCC1)c1nc(-c2ccccc2)no1. The molecule has 1 fully saturated rings. The Hall–Kier alpha value is -2.17. The number of aromatic nitrogens is 2. The molecule has 1 unspecified atom stereocenters. The van der Waals surface area contributed by atoms with Crippen LogP contribution in [0.25, 0.3) is 11.4 Å². The quantitative estimate of drug-likeness (QED) is 0.938. The van der Waals surface area contributed by atoms with E-state index in [-0.39, 0.29) is 17.9 Å². The van der Waals surface area contributed by atoms with Crippen LogP contribution in [0.1, 0.15) is 51.0 Å². The maximum Gasteiger partial charge on any atom is 0.249 e. The normalized spacial score (nSPS) is 17.1. The molecule has 3 rings (SSSR count). The second-order valence-electron chi connectivity index (χ2n) is 5.89. The maximum atomic E-state index is 12.3. The molecule has 5 nitrogen and oxygen atoms in total. The van der Waals surface area contributed by atoms with E-state index in [1.807, 2.05) is 37.3 Å². The van der Waals surface area contributed by atoms with Crippen molar-refractivity contribution in [2.75, 3.05) is 0 Å². The Kier molecular flexibility index (Phi) is 4.51. The molecule has 0 radical (unpaired) electrons. The minimum absolute atomic E-state index is 0.103. The first kappa shape index (κ1) is 14.8. The zero-order valence-electron chi connectivity index (χ0n) is 12.8. The lowest BCUT2D eigenvalue weighted by Gasteiger charge is -2.22.